The van der Waals surface area contributed by atoms with E-state index in [0.29, 0.717) is 22.3 Å². The molecule has 0 radical (unpaired) electrons. The van der Waals surface area contributed by atoms with Gasteiger partial charge in [0.05, 0.1) is 16.4 Å². The fraction of sp³-hybridized carbons (Fsp3) is 0. The molecule has 8 heteroatoms. The number of rotatable bonds is 2. The van der Waals surface area contributed by atoms with Crippen molar-refractivity contribution in [1.29, 1.82) is 0 Å². The third-order valence-corrected chi connectivity index (χ3v) is 2.94. The van der Waals surface area contributed by atoms with Crippen molar-refractivity contribution in [2.75, 3.05) is 11.1 Å². The minimum Gasteiger partial charge on any atom is -0.397 e. The number of anilines is 2. The average Bonchev–Trinajstić information content (AvgIpc) is 2.38. The smallest absolute Gasteiger partial charge is 0.257 e. The second-order valence-corrected chi connectivity index (χ2v) is 4.66. The van der Waals surface area contributed by atoms with Gasteiger partial charge in [-0.2, -0.15) is 0 Å². The molecule has 0 unspecified atom stereocenters. The minimum atomic E-state index is -1.63. The van der Waals surface area contributed by atoms with Crippen molar-refractivity contribution in [1.82, 2.24) is 4.98 Å². The quantitative estimate of drug-likeness (QED) is 0.822. The number of hydrogen-bond donors (Lipinski definition) is 2. The molecular weight excluding hydrogens is 339 g/mol. The summed E-state index contributed by atoms with van der Waals surface area (Å²) in [4.78, 5) is 15.6. The Balaban J connectivity index is 2.28. The monoisotopic (exact) mass is 345 g/mol. The van der Waals surface area contributed by atoms with Crippen LogP contribution in [0.3, 0.4) is 0 Å². The number of pyridine rings is 1. The number of carbonyl (C=O) groups is 1. The maximum Gasteiger partial charge on any atom is 0.257 e. The number of benzene rings is 1. The molecule has 4 nitrogen and oxygen atoms in total. The van der Waals surface area contributed by atoms with E-state index in [2.05, 4.69) is 26.2 Å². The number of nitrogens with zero attached hydrogens (tertiary/aromatic N) is 1. The number of aromatic nitrogens is 1. The fourth-order valence-electron chi connectivity index (χ4n) is 1.41. The lowest BCUT2D eigenvalue weighted by Crippen LogP contribution is -2.14. The van der Waals surface area contributed by atoms with Gasteiger partial charge in [0.2, 0.25) is 0 Å². The maximum absolute atomic E-state index is 13.0. The first-order chi connectivity index (χ1) is 9.38. The Morgan fingerprint density at radius 2 is 1.80 bits per heavy atom. The van der Waals surface area contributed by atoms with E-state index in [1.54, 1.807) is 0 Å². The van der Waals surface area contributed by atoms with E-state index >= 15 is 0 Å². The van der Waals surface area contributed by atoms with Crippen LogP contribution in [0.2, 0.25) is 0 Å². The summed E-state index contributed by atoms with van der Waals surface area (Å²) in [5, 5.41) is 2.32. The Morgan fingerprint density at radius 3 is 2.35 bits per heavy atom. The number of halogens is 4. The molecule has 0 saturated heterocycles. The molecule has 2 aromatic rings. The largest absolute Gasteiger partial charge is 0.397 e. The van der Waals surface area contributed by atoms with Crippen LogP contribution < -0.4 is 11.1 Å². The summed E-state index contributed by atoms with van der Waals surface area (Å²) in [6.45, 7) is 0. The summed E-state index contributed by atoms with van der Waals surface area (Å²) in [6.07, 6.45) is 1.30. The summed E-state index contributed by atoms with van der Waals surface area (Å²) in [5.41, 5.74) is 5.48. The summed E-state index contributed by atoms with van der Waals surface area (Å²) < 4.78 is 39.3. The topological polar surface area (TPSA) is 68.0 Å². The lowest BCUT2D eigenvalue weighted by Gasteiger charge is -2.07. The van der Waals surface area contributed by atoms with Gasteiger partial charge in [-0.05, 0) is 34.1 Å². The summed E-state index contributed by atoms with van der Waals surface area (Å²) in [6, 6.07) is 2.69. The van der Waals surface area contributed by atoms with E-state index in [9.17, 15) is 18.0 Å². The van der Waals surface area contributed by atoms with Crippen LogP contribution in [0.4, 0.5) is 24.7 Å². The number of carbonyl (C=O) groups excluding carboxylic acids is 1. The summed E-state index contributed by atoms with van der Waals surface area (Å²) in [5.74, 6) is -5.23. The highest BCUT2D eigenvalue weighted by atomic mass is 79.9. The van der Waals surface area contributed by atoms with Gasteiger partial charge < -0.3 is 11.1 Å². The zero-order valence-corrected chi connectivity index (χ0v) is 11.3. The maximum atomic E-state index is 13.0. The number of amides is 1. The molecule has 3 N–H and O–H groups in total. The number of nitrogens with two attached hydrogens (primary N) is 1. The van der Waals surface area contributed by atoms with Crippen molar-refractivity contribution in [3.8, 4) is 0 Å². The van der Waals surface area contributed by atoms with Crippen LogP contribution in [-0.2, 0) is 0 Å². The van der Waals surface area contributed by atoms with Gasteiger partial charge in [0.25, 0.3) is 5.91 Å². The molecule has 0 aliphatic carbocycles. The Kier molecular flexibility index (Phi) is 3.93. The van der Waals surface area contributed by atoms with Crippen LogP contribution >= 0.6 is 15.9 Å². The molecular formula is C12H7BrF3N3O. The van der Waals surface area contributed by atoms with Gasteiger partial charge in [-0.15, -0.1) is 0 Å². The first-order valence-corrected chi connectivity index (χ1v) is 6.04. The predicted octanol–water partition coefficient (Wildman–Crippen LogP) is 3.10. The van der Waals surface area contributed by atoms with Crippen LogP contribution in [0.1, 0.15) is 10.4 Å². The van der Waals surface area contributed by atoms with Crippen molar-refractivity contribution in [3.63, 3.8) is 0 Å². The Hall–Kier alpha value is -2.09. The van der Waals surface area contributed by atoms with Gasteiger partial charge in [-0.3, -0.25) is 4.79 Å². The van der Waals surface area contributed by atoms with Gasteiger partial charge in [0.15, 0.2) is 17.5 Å². The Morgan fingerprint density at radius 1 is 1.20 bits per heavy atom. The molecule has 0 aliphatic rings. The SMILES string of the molecule is Nc1cnc(NC(=O)c2cc(F)c(F)c(F)c2)c(Br)c1. The van der Waals surface area contributed by atoms with Crippen LogP contribution in [-0.4, -0.2) is 10.9 Å². The highest BCUT2D eigenvalue weighted by Crippen LogP contribution is 2.22. The van der Waals surface area contributed by atoms with Crippen LogP contribution in [0.5, 0.6) is 0 Å². The second kappa shape index (κ2) is 5.49. The molecule has 1 amide bonds. The molecule has 20 heavy (non-hydrogen) atoms. The molecule has 0 fully saturated rings. The minimum absolute atomic E-state index is 0.120. The van der Waals surface area contributed by atoms with Crippen molar-refractivity contribution in [2.45, 2.75) is 0 Å². The van der Waals surface area contributed by atoms with Crippen molar-refractivity contribution in [2.24, 2.45) is 0 Å². The van der Waals surface area contributed by atoms with Crippen molar-refractivity contribution < 1.29 is 18.0 Å². The third-order valence-electron chi connectivity index (χ3n) is 2.34. The molecule has 0 bridgehead atoms. The van der Waals surface area contributed by atoms with Gasteiger partial charge in [0.1, 0.15) is 5.82 Å². The molecule has 2 rings (SSSR count). The second-order valence-electron chi connectivity index (χ2n) is 3.81. The Labute approximate surface area is 119 Å². The molecule has 0 saturated carbocycles. The van der Waals surface area contributed by atoms with E-state index < -0.39 is 23.4 Å². The fourth-order valence-corrected chi connectivity index (χ4v) is 1.88. The molecule has 104 valence electrons. The van der Waals surface area contributed by atoms with Crippen LogP contribution in [0, 0.1) is 17.5 Å². The average molecular weight is 346 g/mol. The molecule has 1 heterocycles. The zero-order chi connectivity index (χ0) is 14.9. The summed E-state index contributed by atoms with van der Waals surface area (Å²) >= 11 is 3.12. The summed E-state index contributed by atoms with van der Waals surface area (Å²) in [7, 11) is 0. The normalized spacial score (nSPS) is 10.4. The molecule has 1 aromatic carbocycles. The van der Waals surface area contributed by atoms with Crippen LogP contribution in [0.15, 0.2) is 28.9 Å². The van der Waals surface area contributed by atoms with Gasteiger partial charge in [-0.25, -0.2) is 18.2 Å². The van der Waals surface area contributed by atoms with Gasteiger partial charge >= 0.3 is 0 Å². The lowest BCUT2D eigenvalue weighted by molar-refractivity contribution is 0.102. The third kappa shape index (κ3) is 2.90. The number of hydrogen-bond acceptors (Lipinski definition) is 3. The first kappa shape index (κ1) is 14.3. The van der Waals surface area contributed by atoms with Gasteiger partial charge in [-0.1, -0.05) is 0 Å². The highest BCUT2D eigenvalue weighted by Gasteiger charge is 2.16. The number of nitrogens with one attached hydrogen (secondary N) is 1. The number of nitrogen functional groups attached to an aromatic ring is 1. The van der Waals surface area contributed by atoms with Crippen molar-refractivity contribution in [3.05, 3.63) is 51.9 Å². The van der Waals surface area contributed by atoms with Crippen LogP contribution in [0.25, 0.3) is 0 Å². The lowest BCUT2D eigenvalue weighted by atomic mass is 10.2. The highest BCUT2D eigenvalue weighted by molar-refractivity contribution is 9.10. The van der Waals surface area contributed by atoms with E-state index in [-0.39, 0.29) is 11.4 Å². The van der Waals surface area contributed by atoms with E-state index in [4.69, 9.17) is 5.73 Å². The molecule has 0 aliphatic heterocycles. The van der Waals surface area contributed by atoms with E-state index in [0.717, 1.165) is 0 Å². The zero-order valence-electron chi connectivity index (χ0n) is 9.75. The van der Waals surface area contributed by atoms with Crippen molar-refractivity contribution >= 4 is 33.3 Å². The van der Waals surface area contributed by atoms with Gasteiger partial charge in [0, 0.05) is 5.56 Å². The molecule has 0 spiro atoms. The molecule has 1 aromatic heterocycles. The Bertz CT molecular complexity index is 671. The standard InChI is InChI=1S/C12H7BrF3N3O/c13-7-3-6(17)4-18-11(7)19-12(20)5-1-8(14)10(16)9(15)2-5/h1-4H,17H2,(H,18,19,20). The van der Waals surface area contributed by atoms with E-state index in [1.807, 2.05) is 0 Å². The predicted molar refractivity (Wildman–Crippen MR) is 70.6 cm³/mol. The molecule has 0 atom stereocenters. The van der Waals surface area contributed by atoms with E-state index in [1.165, 1.54) is 12.3 Å². The first-order valence-electron chi connectivity index (χ1n) is 5.25.